The highest BCUT2D eigenvalue weighted by atomic mass is 16.5. The molecule has 2 amide bonds. The average molecular weight is 382 g/mol. The van der Waals surface area contributed by atoms with Gasteiger partial charge in [0.2, 0.25) is 11.8 Å². The van der Waals surface area contributed by atoms with Crippen LogP contribution in [0.15, 0.2) is 42.5 Å². The SMILES string of the molecule is COc1ccc(CNC(=O)CC2c3ccccc3CCN2C(C)=O)c(OC)c1. The molecule has 0 radical (unpaired) electrons. The van der Waals surface area contributed by atoms with Gasteiger partial charge in [-0.25, -0.2) is 0 Å². The van der Waals surface area contributed by atoms with Crippen molar-refractivity contribution in [2.75, 3.05) is 20.8 Å². The zero-order valence-corrected chi connectivity index (χ0v) is 16.5. The van der Waals surface area contributed by atoms with E-state index in [0.717, 1.165) is 17.5 Å². The van der Waals surface area contributed by atoms with E-state index in [1.165, 1.54) is 5.56 Å². The Morgan fingerprint density at radius 1 is 1.14 bits per heavy atom. The van der Waals surface area contributed by atoms with E-state index in [9.17, 15) is 9.59 Å². The van der Waals surface area contributed by atoms with Gasteiger partial charge in [-0.05, 0) is 29.7 Å². The van der Waals surface area contributed by atoms with Gasteiger partial charge in [0.25, 0.3) is 0 Å². The van der Waals surface area contributed by atoms with Crippen molar-refractivity contribution in [1.82, 2.24) is 10.2 Å². The molecule has 148 valence electrons. The first-order chi connectivity index (χ1) is 13.5. The molecule has 1 aliphatic heterocycles. The van der Waals surface area contributed by atoms with Crippen LogP contribution in [0.5, 0.6) is 11.5 Å². The number of hydrogen-bond donors (Lipinski definition) is 1. The van der Waals surface area contributed by atoms with Crippen LogP contribution >= 0.6 is 0 Å². The zero-order chi connectivity index (χ0) is 20.1. The third-order valence-corrected chi connectivity index (χ3v) is 5.17. The van der Waals surface area contributed by atoms with E-state index in [1.54, 1.807) is 32.1 Å². The van der Waals surface area contributed by atoms with Gasteiger partial charge in [0, 0.05) is 31.6 Å². The molecule has 6 heteroatoms. The molecule has 0 saturated heterocycles. The number of benzene rings is 2. The van der Waals surface area contributed by atoms with E-state index < -0.39 is 0 Å². The number of nitrogens with zero attached hydrogens (tertiary/aromatic N) is 1. The third kappa shape index (κ3) is 4.27. The van der Waals surface area contributed by atoms with Crippen LogP contribution in [0.25, 0.3) is 0 Å². The van der Waals surface area contributed by atoms with Gasteiger partial charge in [-0.1, -0.05) is 24.3 Å². The number of rotatable bonds is 6. The number of fused-ring (bicyclic) bond motifs is 1. The summed E-state index contributed by atoms with van der Waals surface area (Å²) in [5, 5.41) is 2.95. The average Bonchev–Trinajstić information content (AvgIpc) is 2.72. The molecule has 2 aromatic rings. The molecule has 0 aliphatic carbocycles. The fourth-order valence-electron chi connectivity index (χ4n) is 3.69. The summed E-state index contributed by atoms with van der Waals surface area (Å²) in [5.74, 6) is 1.24. The van der Waals surface area contributed by atoms with Crippen molar-refractivity contribution in [1.29, 1.82) is 0 Å². The lowest BCUT2D eigenvalue weighted by Crippen LogP contribution is -2.41. The first-order valence-electron chi connectivity index (χ1n) is 9.36. The Morgan fingerprint density at radius 3 is 2.64 bits per heavy atom. The fraction of sp³-hybridized carbons (Fsp3) is 0.364. The van der Waals surface area contributed by atoms with Crippen molar-refractivity contribution in [3.63, 3.8) is 0 Å². The summed E-state index contributed by atoms with van der Waals surface area (Å²) in [6, 6.07) is 13.3. The second-order valence-electron chi connectivity index (χ2n) is 6.84. The van der Waals surface area contributed by atoms with Gasteiger partial charge in [-0.15, -0.1) is 0 Å². The van der Waals surface area contributed by atoms with E-state index in [1.807, 2.05) is 30.3 Å². The molecule has 0 bridgehead atoms. The Labute approximate surface area is 165 Å². The van der Waals surface area contributed by atoms with E-state index in [2.05, 4.69) is 11.4 Å². The summed E-state index contributed by atoms with van der Waals surface area (Å²) < 4.78 is 10.6. The number of hydrogen-bond acceptors (Lipinski definition) is 4. The highest BCUT2D eigenvalue weighted by Crippen LogP contribution is 2.32. The number of methoxy groups -OCH3 is 2. The predicted molar refractivity (Wildman–Crippen MR) is 106 cm³/mol. The Morgan fingerprint density at radius 2 is 1.93 bits per heavy atom. The quantitative estimate of drug-likeness (QED) is 0.834. The van der Waals surface area contributed by atoms with Crippen LogP contribution in [0.4, 0.5) is 0 Å². The van der Waals surface area contributed by atoms with E-state index in [-0.39, 0.29) is 24.3 Å². The van der Waals surface area contributed by atoms with E-state index in [0.29, 0.717) is 24.6 Å². The lowest BCUT2D eigenvalue weighted by Gasteiger charge is -2.36. The lowest BCUT2D eigenvalue weighted by molar-refractivity contribution is -0.133. The number of nitrogens with one attached hydrogen (secondary N) is 1. The summed E-state index contributed by atoms with van der Waals surface area (Å²) in [6.07, 6.45) is 1.05. The topological polar surface area (TPSA) is 67.9 Å². The zero-order valence-electron chi connectivity index (χ0n) is 16.5. The predicted octanol–water partition coefficient (Wildman–Crippen LogP) is 2.86. The highest BCUT2D eigenvalue weighted by Gasteiger charge is 2.30. The van der Waals surface area contributed by atoms with Gasteiger partial charge < -0.3 is 19.7 Å². The highest BCUT2D eigenvalue weighted by molar-refractivity contribution is 5.79. The van der Waals surface area contributed by atoms with Gasteiger partial charge in [-0.2, -0.15) is 0 Å². The van der Waals surface area contributed by atoms with Crippen molar-refractivity contribution in [3.8, 4) is 11.5 Å². The Bertz CT molecular complexity index is 865. The van der Waals surface area contributed by atoms with Crippen molar-refractivity contribution in [2.45, 2.75) is 32.4 Å². The molecule has 0 spiro atoms. The lowest BCUT2D eigenvalue weighted by atomic mass is 9.90. The van der Waals surface area contributed by atoms with Crippen LogP contribution < -0.4 is 14.8 Å². The fourth-order valence-corrected chi connectivity index (χ4v) is 3.69. The molecular weight excluding hydrogens is 356 g/mol. The standard InChI is InChI=1S/C22H26N2O4/c1-15(25)24-11-10-16-6-4-5-7-19(16)20(24)13-22(26)23-14-17-8-9-18(27-2)12-21(17)28-3/h4-9,12,20H,10-11,13-14H2,1-3H3,(H,23,26). The van der Waals surface area contributed by atoms with Gasteiger partial charge in [0.05, 0.1) is 26.7 Å². The molecule has 1 heterocycles. The second-order valence-corrected chi connectivity index (χ2v) is 6.84. The van der Waals surface area contributed by atoms with Crippen LogP contribution in [0.3, 0.4) is 0 Å². The largest absolute Gasteiger partial charge is 0.497 e. The molecule has 1 aliphatic rings. The third-order valence-electron chi connectivity index (χ3n) is 5.17. The molecule has 28 heavy (non-hydrogen) atoms. The van der Waals surface area contributed by atoms with E-state index in [4.69, 9.17) is 9.47 Å². The maximum absolute atomic E-state index is 12.7. The van der Waals surface area contributed by atoms with Gasteiger partial charge in [0.15, 0.2) is 0 Å². The molecule has 0 saturated carbocycles. The monoisotopic (exact) mass is 382 g/mol. The smallest absolute Gasteiger partial charge is 0.222 e. The number of amides is 2. The minimum absolute atomic E-state index is 0.0101. The molecule has 1 N–H and O–H groups in total. The van der Waals surface area contributed by atoms with Crippen LogP contribution in [0.2, 0.25) is 0 Å². The van der Waals surface area contributed by atoms with Gasteiger partial charge in [-0.3, -0.25) is 9.59 Å². The normalized spacial score (nSPS) is 15.5. The Balaban J connectivity index is 1.71. The van der Waals surface area contributed by atoms with Crippen LogP contribution in [-0.2, 0) is 22.6 Å². The Kier molecular flexibility index (Phi) is 6.19. The Hall–Kier alpha value is -3.02. The van der Waals surface area contributed by atoms with Crippen molar-refractivity contribution in [2.24, 2.45) is 0 Å². The summed E-state index contributed by atoms with van der Waals surface area (Å²) in [6.45, 7) is 2.54. The van der Waals surface area contributed by atoms with Crippen molar-refractivity contribution < 1.29 is 19.1 Å². The van der Waals surface area contributed by atoms with E-state index >= 15 is 0 Å². The minimum Gasteiger partial charge on any atom is -0.497 e. The number of carbonyl (C=O) groups is 2. The molecular formula is C22H26N2O4. The first kappa shape index (κ1) is 19.7. The molecule has 0 fully saturated rings. The number of ether oxygens (including phenoxy) is 2. The van der Waals surface area contributed by atoms with Crippen LogP contribution in [0, 0.1) is 0 Å². The summed E-state index contributed by atoms with van der Waals surface area (Å²) in [5.41, 5.74) is 3.12. The van der Waals surface area contributed by atoms with Gasteiger partial charge in [0.1, 0.15) is 11.5 Å². The van der Waals surface area contributed by atoms with Crippen LogP contribution in [-0.4, -0.2) is 37.5 Å². The maximum Gasteiger partial charge on any atom is 0.222 e. The van der Waals surface area contributed by atoms with Crippen LogP contribution in [0.1, 0.15) is 36.1 Å². The summed E-state index contributed by atoms with van der Waals surface area (Å²) >= 11 is 0. The molecule has 3 rings (SSSR count). The summed E-state index contributed by atoms with van der Waals surface area (Å²) in [4.78, 5) is 26.5. The minimum atomic E-state index is -0.236. The molecule has 6 nitrogen and oxygen atoms in total. The van der Waals surface area contributed by atoms with Crippen molar-refractivity contribution in [3.05, 3.63) is 59.2 Å². The van der Waals surface area contributed by atoms with Crippen molar-refractivity contribution >= 4 is 11.8 Å². The maximum atomic E-state index is 12.7. The number of carbonyl (C=O) groups excluding carboxylic acids is 2. The summed E-state index contributed by atoms with van der Waals surface area (Å²) in [7, 11) is 3.18. The molecule has 1 unspecified atom stereocenters. The molecule has 0 aromatic heterocycles. The molecule has 1 atom stereocenters. The first-order valence-corrected chi connectivity index (χ1v) is 9.36. The second kappa shape index (κ2) is 8.78. The van der Waals surface area contributed by atoms with Gasteiger partial charge >= 0.3 is 0 Å². The molecule has 2 aromatic carbocycles.